The van der Waals surface area contributed by atoms with Gasteiger partial charge in [0.1, 0.15) is 6.10 Å². The van der Waals surface area contributed by atoms with E-state index in [-0.39, 0.29) is 6.10 Å². The summed E-state index contributed by atoms with van der Waals surface area (Å²) in [5.41, 5.74) is 8.48. The fraction of sp³-hybridized carbons (Fsp3) is 0.320. The highest BCUT2D eigenvalue weighted by Gasteiger charge is 2.17. The maximum absolute atomic E-state index is 6.21. The molecule has 0 saturated carbocycles. The average Bonchev–Trinajstić information content (AvgIpc) is 3.01. The molecule has 1 atom stereocenters. The Kier molecular flexibility index (Phi) is 6.23. The molecule has 0 saturated heterocycles. The van der Waals surface area contributed by atoms with Gasteiger partial charge in [0.15, 0.2) is 0 Å². The van der Waals surface area contributed by atoms with Crippen LogP contribution in [0.15, 0.2) is 66.4 Å². The first-order chi connectivity index (χ1) is 13.8. The lowest BCUT2D eigenvalue weighted by atomic mass is 9.95. The van der Waals surface area contributed by atoms with Crippen molar-refractivity contribution in [2.75, 3.05) is 13.2 Å². The SMILES string of the molecule is C=C(C)C1=C(\C)COC[C@H](C)Oc2c(cnn2C)-c2ccc(C)c(c2)C(=C)\C=C\1. The van der Waals surface area contributed by atoms with Gasteiger partial charge in [-0.25, -0.2) is 4.68 Å². The van der Waals surface area contributed by atoms with Crippen LogP contribution in [-0.4, -0.2) is 29.1 Å². The zero-order valence-corrected chi connectivity index (χ0v) is 18.1. The molecule has 1 aromatic carbocycles. The maximum atomic E-state index is 6.21. The summed E-state index contributed by atoms with van der Waals surface area (Å²) in [5.74, 6) is 0.738. The van der Waals surface area contributed by atoms with Crippen LogP contribution in [0, 0.1) is 6.92 Å². The molecule has 152 valence electrons. The Labute approximate surface area is 173 Å². The number of hydrogen-bond donors (Lipinski definition) is 0. The highest BCUT2D eigenvalue weighted by molar-refractivity contribution is 5.80. The van der Waals surface area contributed by atoms with Crippen LogP contribution in [0.25, 0.3) is 16.7 Å². The van der Waals surface area contributed by atoms with E-state index in [1.54, 1.807) is 4.68 Å². The molecule has 0 amide bonds. The van der Waals surface area contributed by atoms with Crippen LogP contribution in [0.5, 0.6) is 5.88 Å². The third-order valence-corrected chi connectivity index (χ3v) is 5.13. The highest BCUT2D eigenvalue weighted by atomic mass is 16.5. The summed E-state index contributed by atoms with van der Waals surface area (Å²) in [6.07, 6.45) is 5.89. The van der Waals surface area contributed by atoms with Gasteiger partial charge in [-0.1, -0.05) is 43.0 Å². The summed E-state index contributed by atoms with van der Waals surface area (Å²) >= 11 is 0. The van der Waals surface area contributed by atoms with E-state index in [1.807, 2.05) is 27.1 Å². The number of ether oxygens (including phenoxy) is 2. The van der Waals surface area contributed by atoms with Crippen LogP contribution in [0.3, 0.4) is 0 Å². The van der Waals surface area contributed by atoms with Crippen LogP contribution >= 0.6 is 0 Å². The predicted octanol–water partition coefficient (Wildman–Crippen LogP) is 5.66. The van der Waals surface area contributed by atoms with Crippen LogP contribution in [-0.2, 0) is 11.8 Å². The molecule has 4 heteroatoms. The molecule has 0 unspecified atom stereocenters. The van der Waals surface area contributed by atoms with Gasteiger partial charge in [0.25, 0.3) is 0 Å². The first-order valence-electron chi connectivity index (χ1n) is 9.88. The smallest absolute Gasteiger partial charge is 0.219 e. The predicted molar refractivity (Wildman–Crippen MR) is 120 cm³/mol. The monoisotopic (exact) mass is 390 g/mol. The topological polar surface area (TPSA) is 36.3 Å². The minimum absolute atomic E-state index is 0.106. The fourth-order valence-electron chi connectivity index (χ4n) is 3.50. The molecule has 1 aromatic heterocycles. The van der Waals surface area contributed by atoms with Crippen molar-refractivity contribution < 1.29 is 9.47 Å². The lowest BCUT2D eigenvalue weighted by Gasteiger charge is -2.17. The lowest BCUT2D eigenvalue weighted by Crippen LogP contribution is -2.21. The zero-order chi connectivity index (χ0) is 21.1. The summed E-state index contributed by atoms with van der Waals surface area (Å²) in [6, 6.07) is 6.37. The number of hydrogen-bond acceptors (Lipinski definition) is 3. The molecule has 29 heavy (non-hydrogen) atoms. The van der Waals surface area contributed by atoms with Crippen molar-refractivity contribution in [3.63, 3.8) is 0 Å². The van der Waals surface area contributed by atoms with E-state index in [9.17, 15) is 0 Å². The number of aromatic nitrogens is 2. The number of benzene rings is 1. The van der Waals surface area contributed by atoms with E-state index in [1.165, 1.54) is 5.56 Å². The third kappa shape index (κ3) is 4.60. The molecule has 2 aromatic rings. The van der Waals surface area contributed by atoms with Gasteiger partial charge in [0.05, 0.1) is 25.0 Å². The lowest BCUT2D eigenvalue weighted by molar-refractivity contribution is 0.0658. The average molecular weight is 391 g/mol. The van der Waals surface area contributed by atoms with Gasteiger partial charge in [-0.05, 0) is 67.2 Å². The standard InChI is InChI=1S/C25H30N2O2/c1-16(2)22-11-9-18(4)23-12-21(10-8-17(23)3)24-13-26-27(7)25(24)29-20(6)15-28-14-19(22)5/h8-13,20H,1,4,14-15H2,2-3,5-7H3/b11-9+,22-19+/t20-/m0/s1. The first-order valence-corrected chi connectivity index (χ1v) is 9.88. The Bertz CT molecular complexity index is 1010. The fourth-order valence-corrected chi connectivity index (χ4v) is 3.50. The molecule has 4 nitrogen and oxygen atoms in total. The molecular weight excluding hydrogens is 360 g/mol. The number of fused-ring (bicyclic) bond motifs is 4. The molecule has 0 radical (unpaired) electrons. The molecule has 2 heterocycles. The van der Waals surface area contributed by atoms with Gasteiger partial charge in [0.2, 0.25) is 5.88 Å². The molecule has 0 N–H and O–H groups in total. The molecular formula is C25H30N2O2. The van der Waals surface area contributed by atoms with Gasteiger partial charge >= 0.3 is 0 Å². The van der Waals surface area contributed by atoms with Crippen molar-refractivity contribution in [3.8, 4) is 17.0 Å². The summed E-state index contributed by atoms with van der Waals surface area (Å²) in [7, 11) is 1.89. The Hall–Kier alpha value is -2.85. The summed E-state index contributed by atoms with van der Waals surface area (Å²) in [5, 5.41) is 4.41. The first kappa shape index (κ1) is 20.9. The number of rotatable bonds is 1. The Balaban J connectivity index is 2.13. The second-order valence-corrected chi connectivity index (χ2v) is 7.79. The molecule has 0 fully saturated rings. The largest absolute Gasteiger partial charge is 0.472 e. The Morgan fingerprint density at radius 2 is 1.97 bits per heavy atom. The van der Waals surface area contributed by atoms with E-state index >= 15 is 0 Å². The number of nitrogens with zero attached hydrogens (tertiary/aromatic N) is 2. The van der Waals surface area contributed by atoms with Crippen molar-refractivity contribution in [2.45, 2.75) is 33.8 Å². The second-order valence-electron chi connectivity index (χ2n) is 7.79. The summed E-state index contributed by atoms with van der Waals surface area (Å²) in [6.45, 7) is 17.7. The summed E-state index contributed by atoms with van der Waals surface area (Å²) in [4.78, 5) is 0. The van der Waals surface area contributed by atoms with Crippen molar-refractivity contribution in [1.29, 1.82) is 0 Å². The number of aryl methyl sites for hydroxylation is 2. The Morgan fingerprint density at radius 1 is 1.21 bits per heavy atom. The molecule has 1 aliphatic rings. The minimum Gasteiger partial charge on any atom is -0.472 e. The van der Waals surface area contributed by atoms with E-state index in [0.717, 1.165) is 44.9 Å². The summed E-state index contributed by atoms with van der Waals surface area (Å²) < 4.78 is 13.9. The second kappa shape index (κ2) is 8.66. The third-order valence-electron chi connectivity index (χ3n) is 5.13. The van der Waals surface area contributed by atoms with Crippen LogP contribution in [0.2, 0.25) is 0 Å². The van der Waals surface area contributed by atoms with Crippen LogP contribution < -0.4 is 4.74 Å². The van der Waals surface area contributed by atoms with E-state index in [0.29, 0.717) is 13.2 Å². The van der Waals surface area contributed by atoms with Crippen LogP contribution in [0.4, 0.5) is 0 Å². The molecule has 0 spiro atoms. The highest BCUT2D eigenvalue weighted by Crippen LogP contribution is 2.33. The van der Waals surface area contributed by atoms with E-state index < -0.39 is 0 Å². The van der Waals surface area contributed by atoms with E-state index in [2.05, 4.69) is 62.5 Å². The molecule has 0 aliphatic carbocycles. The molecule has 1 aliphatic heterocycles. The van der Waals surface area contributed by atoms with Gasteiger partial charge in [-0.2, -0.15) is 5.10 Å². The van der Waals surface area contributed by atoms with Crippen molar-refractivity contribution >= 4 is 5.57 Å². The minimum atomic E-state index is -0.106. The van der Waals surface area contributed by atoms with Gasteiger partial charge in [-0.3, -0.25) is 0 Å². The van der Waals surface area contributed by atoms with Crippen molar-refractivity contribution in [2.24, 2.45) is 7.05 Å². The van der Waals surface area contributed by atoms with Gasteiger partial charge in [-0.15, -0.1) is 0 Å². The van der Waals surface area contributed by atoms with Crippen molar-refractivity contribution in [1.82, 2.24) is 9.78 Å². The molecule has 2 bridgehead atoms. The van der Waals surface area contributed by atoms with Crippen LogP contribution in [0.1, 0.15) is 31.9 Å². The van der Waals surface area contributed by atoms with Gasteiger partial charge < -0.3 is 9.47 Å². The Morgan fingerprint density at radius 3 is 2.69 bits per heavy atom. The van der Waals surface area contributed by atoms with E-state index in [4.69, 9.17) is 9.47 Å². The maximum Gasteiger partial charge on any atom is 0.219 e. The van der Waals surface area contributed by atoms with Gasteiger partial charge in [0, 0.05) is 7.05 Å². The zero-order valence-electron chi connectivity index (χ0n) is 18.1. The van der Waals surface area contributed by atoms with Crippen molar-refractivity contribution in [3.05, 3.63) is 77.6 Å². The quantitative estimate of drug-likeness (QED) is 0.631. The number of allylic oxidation sites excluding steroid dienone is 5. The molecule has 3 rings (SSSR count). The normalized spacial score (nSPS) is 21.6.